The van der Waals surface area contributed by atoms with E-state index >= 15 is 0 Å². The number of hydrogen-bond acceptors (Lipinski definition) is 6. The Morgan fingerprint density at radius 2 is 1.83 bits per heavy atom. The van der Waals surface area contributed by atoms with Crippen molar-refractivity contribution >= 4 is 23.2 Å². The number of hydrogen-bond donors (Lipinski definition) is 2. The first-order chi connectivity index (χ1) is 13.9. The fraction of sp³-hybridized carbons (Fsp3) is 0.300. The number of nitrogens with one attached hydrogen (secondary N) is 2. The fourth-order valence-corrected chi connectivity index (χ4v) is 2.44. The summed E-state index contributed by atoms with van der Waals surface area (Å²) in [4.78, 5) is 35.0. The minimum absolute atomic E-state index is 0.0695. The zero-order valence-corrected chi connectivity index (χ0v) is 16.2. The van der Waals surface area contributed by atoms with Gasteiger partial charge in [-0.25, -0.2) is 0 Å². The molecule has 0 radical (unpaired) electrons. The molecule has 9 heteroatoms. The maximum Gasteiger partial charge on any atom is 0.269 e. The second-order valence-corrected chi connectivity index (χ2v) is 6.15. The Morgan fingerprint density at radius 3 is 2.48 bits per heavy atom. The molecule has 0 heterocycles. The number of nitro benzene ring substituents is 1. The van der Waals surface area contributed by atoms with Crippen LogP contribution in [0.5, 0.6) is 5.75 Å². The van der Waals surface area contributed by atoms with Gasteiger partial charge in [0.25, 0.3) is 17.5 Å². The zero-order chi connectivity index (χ0) is 21.2. The van der Waals surface area contributed by atoms with E-state index in [9.17, 15) is 19.7 Å². The van der Waals surface area contributed by atoms with Crippen molar-refractivity contribution in [1.82, 2.24) is 5.32 Å². The SMILES string of the molecule is COCCCNC(=O)c1ccccc1NC(=O)C(C)Oc1ccc([N+](=O)[O-])cc1. The predicted molar refractivity (Wildman–Crippen MR) is 107 cm³/mol. The van der Waals surface area contributed by atoms with E-state index < -0.39 is 16.9 Å². The highest BCUT2D eigenvalue weighted by Gasteiger charge is 2.18. The third-order valence-electron chi connectivity index (χ3n) is 3.97. The lowest BCUT2D eigenvalue weighted by molar-refractivity contribution is -0.384. The van der Waals surface area contributed by atoms with E-state index in [1.165, 1.54) is 24.3 Å². The van der Waals surface area contributed by atoms with Crippen LogP contribution in [0.4, 0.5) is 11.4 Å². The van der Waals surface area contributed by atoms with Crippen LogP contribution in [-0.2, 0) is 9.53 Å². The summed E-state index contributed by atoms with van der Waals surface area (Å²) in [5, 5.41) is 16.2. The molecule has 154 valence electrons. The summed E-state index contributed by atoms with van der Waals surface area (Å²) < 4.78 is 10.5. The number of carbonyl (C=O) groups excluding carboxylic acids is 2. The van der Waals surface area contributed by atoms with E-state index in [1.807, 2.05) is 0 Å². The van der Waals surface area contributed by atoms with Crippen molar-refractivity contribution < 1.29 is 24.0 Å². The van der Waals surface area contributed by atoms with Crippen molar-refractivity contribution in [3.63, 3.8) is 0 Å². The largest absolute Gasteiger partial charge is 0.481 e. The van der Waals surface area contributed by atoms with Crippen LogP contribution in [0.15, 0.2) is 48.5 Å². The monoisotopic (exact) mass is 401 g/mol. The lowest BCUT2D eigenvalue weighted by atomic mass is 10.1. The van der Waals surface area contributed by atoms with Crippen LogP contribution in [0, 0.1) is 10.1 Å². The normalized spacial score (nSPS) is 11.4. The number of amides is 2. The highest BCUT2D eigenvalue weighted by molar-refractivity contribution is 6.04. The van der Waals surface area contributed by atoms with Gasteiger partial charge in [0.1, 0.15) is 5.75 Å². The molecule has 0 saturated heterocycles. The van der Waals surface area contributed by atoms with Crippen LogP contribution < -0.4 is 15.4 Å². The number of non-ortho nitro benzene ring substituents is 1. The molecule has 0 saturated carbocycles. The molecule has 0 aliphatic carbocycles. The molecule has 0 aliphatic rings. The van der Waals surface area contributed by atoms with Crippen LogP contribution in [-0.4, -0.2) is 43.1 Å². The minimum Gasteiger partial charge on any atom is -0.481 e. The lowest BCUT2D eigenvalue weighted by Gasteiger charge is -2.16. The van der Waals surface area contributed by atoms with Crippen molar-refractivity contribution in [2.45, 2.75) is 19.4 Å². The molecule has 29 heavy (non-hydrogen) atoms. The number of rotatable bonds is 10. The number of nitro groups is 1. The third-order valence-corrected chi connectivity index (χ3v) is 3.97. The highest BCUT2D eigenvalue weighted by atomic mass is 16.6. The Kier molecular flexibility index (Phi) is 8.11. The van der Waals surface area contributed by atoms with Gasteiger partial charge in [0.15, 0.2) is 6.10 Å². The Bertz CT molecular complexity index is 854. The molecule has 0 aromatic heterocycles. The van der Waals surface area contributed by atoms with Gasteiger partial charge in [-0.2, -0.15) is 0 Å². The van der Waals surface area contributed by atoms with Crippen LogP contribution >= 0.6 is 0 Å². The number of ether oxygens (including phenoxy) is 2. The number of para-hydroxylation sites is 1. The summed E-state index contributed by atoms with van der Waals surface area (Å²) >= 11 is 0. The van der Waals surface area contributed by atoms with Gasteiger partial charge in [0.05, 0.1) is 16.2 Å². The summed E-state index contributed by atoms with van der Waals surface area (Å²) in [5.41, 5.74) is 0.626. The van der Waals surface area contributed by atoms with E-state index in [0.717, 1.165) is 0 Å². The summed E-state index contributed by atoms with van der Waals surface area (Å²) in [6, 6.07) is 12.1. The first-order valence-corrected chi connectivity index (χ1v) is 9.00. The van der Waals surface area contributed by atoms with Crippen molar-refractivity contribution in [3.05, 3.63) is 64.2 Å². The molecular weight excluding hydrogens is 378 g/mol. The van der Waals surface area contributed by atoms with Gasteiger partial charge in [0.2, 0.25) is 0 Å². The van der Waals surface area contributed by atoms with Gasteiger partial charge >= 0.3 is 0 Å². The number of nitrogens with zero attached hydrogens (tertiary/aromatic N) is 1. The summed E-state index contributed by atoms with van der Waals surface area (Å²) in [6.07, 6.45) is -0.203. The molecule has 0 bridgehead atoms. The van der Waals surface area contributed by atoms with Crippen LogP contribution in [0.3, 0.4) is 0 Å². The molecular formula is C20H23N3O6. The highest BCUT2D eigenvalue weighted by Crippen LogP contribution is 2.20. The van der Waals surface area contributed by atoms with Gasteiger partial charge in [-0.15, -0.1) is 0 Å². The Morgan fingerprint density at radius 1 is 1.14 bits per heavy atom. The van der Waals surface area contributed by atoms with Gasteiger partial charge < -0.3 is 20.1 Å². The molecule has 0 spiro atoms. The second kappa shape index (κ2) is 10.8. The smallest absolute Gasteiger partial charge is 0.269 e. The molecule has 2 aromatic rings. The minimum atomic E-state index is -0.880. The topological polar surface area (TPSA) is 120 Å². The Balaban J connectivity index is 1.98. The average Bonchev–Trinajstić information content (AvgIpc) is 2.71. The molecule has 0 aliphatic heterocycles. The van der Waals surface area contributed by atoms with Gasteiger partial charge in [-0.3, -0.25) is 19.7 Å². The van der Waals surface area contributed by atoms with Crippen molar-refractivity contribution in [2.75, 3.05) is 25.6 Å². The van der Waals surface area contributed by atoms with Crippen molar-refractivity contribution in [1.29, 1.82) is 0 Å². The average molecular weight is 401 g/mol. The van der Waals surface area contributed by atoms with Crippen LogP contribution in [0.25, 0.3) is 0 Å². The maximum atomic E-state index is 12.5. The van der Waals surface area contributed by atoms with Crippen molar-refractivity contribution in [2.24, 2.45) is 0 Å². The Hall–Kier alpha value is -3.46. The van der Waals surface area contributed by atoms with Gasteiger partial charge in [-0.05, 0) is 37.6 Å². The van der Waals surface area contributed by atoms with Gasteiger partial charge in [-0.1, -0.05) is 12.1 Å². The first-order valence-electron chi connectivity index (χ1n) is 9.00. The number of methoxy groups -OCH3 is 1. The molecule has 2 amide bonds. The second-order valence-electron chi connectivity index (χ2n) is 6.15. The molecule has 1 atom stereocenters. The van der Waals surface area contributed by atoms with Crippen molar-refractivity contribution in [3.8, 4) is 5.75 Å². The van der Waals surface area contributed by atoms with E-state index in [0.29, 0.717) is 36.6 Å². The first kappa shape index (κ1) is 21.8. The lowest BCUT2D eigenvalue weighted by Crippen LogP contribution is -2.32. The van der Waals surface area contributed by atoms with E-state index in [1.54, 1.807) is 38.3 Å². The van der Waals surface area contributed by atoms with Gasteiger partial charge in [0, 0.05) is 32.4 Å². The molecule has 9 nitrogen and oxygen atoms in total. The van der Waals surface area contributed by atoms with E-state index in [4.69, 9.17) is 9.47 Å². The predicted octanol–water partition coefficient (Wildman–Crippen LogP) is 2.77. The number of anilines is 1. The molecule has 2 aromatic carbocycles. The fourth-order valence-electron chi connectivity index (χ4n) is 2.44. The van der Waals surface area contributed by atoms with E-state index in [2.05, 4.69) is 10.6 Å². The summed E-state index contributed by atoms with van der Waals surface area (Å²) in [7, 11) is 1.59. The molecule has 0 fully saturated rings. The van der Waals surface area contributed by atoms with E-state index in [-0.39, 0.29) is 11.6 Å². The third kappa shape index (κ3) is 6.58. The zero-order valence-electron chi connectivity index (χ0n) is 16.2. The van der Waals surface area contributed by atoms with Crippen LogP contribution in [0.1, 0.15) is 23.7 Å². The molecule has 2 rings (SSSR count). The summed E-state index contributed by atoms with van der Waals surface area (Å²) in [5.74, 6) is -0.439. The van der Waals surface area contributed by atoms with Crippen LogP contribution in [0.2, 0.25) is 0 Å². The standard InChI is InChI=1S/C20H23N3O6/c1-14(29-16-10-8-15(9-11-16)23(26)27)19(24)22-18-7-4-3-6-17(18)20(25)21-12-5-13-28-2/h3-4,6-11,14H,5,12-13H2,1-2H3,(H,21,25)(H,22,24). The molecule has 2 N–H and O–H groups in total. The number of benzene rings is 2. The molecule has 1 unspecified atom stereocenters. The number of carbonyl (C=O) groups is 2. The quantitative estimate of drug-likeness (QED) is 0.359. The summed E-state index contributed by atoms with van der Waals surface area (Å²) in [6.45, 7) is 2.54. The maximum absolute atomic E-state index is 12.5. The Labute approximate surface area is 168 Å².